The van der Waals surface area contributed by atoms with Crippen LogP contribution >= 0.6 is 11.6 Å². The normalized spacial score (nSPS) is 11.2. The van der Waals surface area contributed by atoms with Crippen molar-refractivity contribution in [1.82, 2.24) is 0 Å². The second-order valence-corrected chi connectivity index (χ2v) is 6.79. The number of aryl methyl sites for hydroxylation is 2. The van der Waals surface area contributed by atoms with E-state index in [1.165, 1.54) is 13.2 Å². The number of methoxy groups -OCH3 is 1. The minimum Gasteiger partial charge on any atom is -0.495 e. The highest BCUT2D eigenvalue weighted by molar-refractivity contribution is 7.92. The molecule has 0 fully saturated rings. The first-order valence-electron chi connectivity index (χ1n) is 6.27. The molecule has 0 atom stereocenters. The fourth-order valence-electron chi connectivity index (χ4n) is 1.83. The number of nitrogens with one attached hydrogen (secondary N) is 1. The fraction of sp³-hybridized carbons (Fsp3) is 0.200. The fourth-order valence-corrected chi connectivity index (χ4v) is 3.22. The molecule has 0 heterocycles. The Bertz CT molecular complexity index is 772. The standard InChI is InChI=1S/C15H16ClNO3S/c1-10-4-6-13(8-11(10)2)21(18,19)17-12-5-7-15(20-3)14(16)9-12/h4-9,17H,1-3H3. The lowest BCUT2D eigenvalue weighted by molar-refractivity contribution is 0.415. The lowest BCUT2D eigenvalue weighted by Gasteiger charge is -2.11. The molecule has 6 heteroatoms. The van der Waals surface area contributed by atoms with Crippen molar-refractivity contribution in [2.75, 3.05) is 11.8 Å². The van der Waals surface area contributed by atoms with Crippen molar-refractivity contribution in [3.05, 3.63) is 52.5 Å². The maximum absolute atomic E-state index is 12.3. The Balaban J connectivity index is 2.32. The van der Waals surface area contributed by atoms with Gasteiger partial charge in [0, 0.05) is 0 Å². The lowest BCUT2D eigenvalue weighted by Crippen LogP contribution is -2.13. The SMILES string of the molecule is COc1ccc(NS(=O)(=O)c2ccc(C)c(C)c2)cc1Cl. The Kier molecular flexibility index (Phi) is 4.44. The van der Waals surface area contributed by atoms with E-state index in [0.29, 0.717) is 16.5 Å². The highest BCUT2D eigenvalue weighted by atomic mass is 35.5. The summed E-state index contributed by atoms with van der Waals surface area (Å²) in [5, 5.41) is 0.345. The van der Waals surface area contributed by atoms with Gasteiger partial charge in [0.05, 0.1) is 22.7 Å². The number of halogens is 1. The Labute approximate surface area is 129 Å². The maximum Gasteiger partial charge on any atom is 0.261 e. The smallest absolute Gasteiger partial charge is 0.261 e. The predicted octanol–water partition coefficient (Wildman–Crippen LogP) is 3.77. The molecule has 0 saturated heterocycles. The van der Waals surface area contributed by atoms with Crippen LogP contribution in [-0.4, -0.2) is 15.5 Å². The number of benzene rings is 2. The van der Waals surface area contributed by atoms with Crippen molar-refractivity contribution < 1.29 is 13.2 Å². The summed E-state index contributed by atoms with van der Waals surface area (Å²) in [4.78, 5) is 0.220. The second-order valence-electron chi connectivity index (χ2n) is 4.70. The first kappa shape index (κ1) is 15.7. The summed E-state index contributed by atoms with van der Waals surface area (Å²) in [5.74, 6) is 0.491. The first-order chi connectivity index (χ1) is 9.83. The minimum absolute atomic E-state index is 0.220. The highest BCUT2D eigenvalue weighted by Gasteiger charge is 2.15. The van der Waals surface area contributed by atoms with Gasteiger partial charge in [-0.15, -0.1) is 0 Å². The lowest BCUT2D eigenvalue weighted by atomic mass is 10.1. The van der Waals surface area contributed by atoms with E-state index >= 15 is 0 Å². The zero-order chi connectivity index (χ0) is 15.6. The Morgan fingerprint density at radius 1 is 1.05 bits per heavy atom. The van der Waals surface area contributed by atoms with E-state index < -0.39 is 10.0 Å². The number of ether oxygens (including phenoxy) is 1. The van der Waals surface area contributed by atoms with E-state index in [4.69, 9.17) is 16.3 Å². The summed E-state index contributed by atoms with van der Waals surface area (Å²) in [6.07, 6.45) is 0. The van der Waals surface area contributed by atoms with Crippen LogP contribution in [0.2, 0.25) is 5.02 Å². The van der Waals surface area contributed by atoms with E-state index in [1.54, 1.807) is 30.3 Å². The van der Waals surface area contributed by atoms with Crippen LogP contribution in [0.3, 0.4) is 0 Å². The Hall–Kier alpha value is -1.72. The number of rotatable bonds is 4. The van der Waals surface area contributed by atoms with Gasteiger partial charge in [0.15, 0.2) is 0 Å². The van der Waals surface area contributed by atoms with Gasteiger partial charge in [0.2, 0.25) is 0 Å². The quantitative estimate of drug-likeness (QED) is 0.931. The number of hydrogen-bond donors (Lipinski definition) is 1. The molecule has 0 aliphatic rings. The number of sulfonamides is 1. The molecule has 2 rings (SSSR count). The van der Waals surface area contributed by atoms with Crippen LogP contribution in [-0.2, 0) is 10.0 Å². The highest BCUT2D eigenvalue weighted by Crippen LogP contribution is 2.28. The van der Waals surface area contributed by atoms with Crippen LogP contribution in [0.5, 0.6) is 5.75 Å². The molecule has 0 radical (unpaired) electrons. The van der Waals surface area contributed by atoms with Crippen molar-refractivity contribution in [3.8, 4) is 5.75 Å². The van der Waals surface area contributed by atoms with Crippen LogP contribution in [0.1, 0.15) is 11.1 Å². The van der Waals surface area contributed by atoms with Crippen LogP contribution < -0.4 is 9.46 Å². The van der Waals surface area contributed by atoms with Gasteiger partial charge in [-0.1, -0.05) is 17.7 Å². The van der Waals surface area contributed by atoms with Gasteiger partial charge in [0.25, 0.3) is 10.0 Å². The van der Waals surface area contributed by atoms with Gasteiger partial charge >= 0.3 is 0 Å². The molecule has 2 aromatic carbocycles. The Morgan fingerprint density at radius 2 is 1.76 bits per heavy atom. The van der Waals surface area contributed by atoms with Gasteiger partial charge in [-0.25, -0.2) is 8.42 Å². The zero-order valence-corrected chi connectivity index (χ0v) is 13.5. The van der Waals surface area contributed by atoms with Crippen molar-refractivity contribution >= 4 is 27.3 Å². The molecule has 0 saturated carbocycles. The molecule has 4 nitrogen and oxygen atoms in total. The third-order valence-electron chi connectivity index (χ3n) is 3.19. The monoisotopic (exact) mass is 325 g/mol. The third kappa shape index (κ3) is 3.49. The van der Waals surface area contributed by atoms with E-state index in [0.717, 1.165) is 11.1 Å². The summed E-state index contributed by atoms with van der Waals surface area (Å²) in [5.41, 5.74) is 2.35. The molecule has 0 aliphatic carbocycles. The van der Waals surface area contributed by atoms with Crippen LogP contribution in [0.15, 0.2) is 41.3 Å². The molecule has 112 valence electrons. The van der Waals surface area contributed by atoms with Gasteiger partial charge < -0.3 is 4.74 Å². The molecule has 0 bridgehead atoms. The predicted molar refractivity (Wildman–Crippen MR) is 84.7 cm³/mol. The summed E-state index contributed by atoms with van der Waals surface area (Å²) in [7, 11) is -2.14. The summed E-state index contributed by atoms with van der Waals surface area (Å²) in [6.45, 7) is 3.81. The van der Waals surface area contributed by atoms with E-state index in [2.05, 4.69) is 4.72 Å². The third-order valence-corrected chi connectivity index (χ3v) is 4.87. The molecule has 0 amide bonds. The van der Waals surface area contributed by atoms with Crippen molar-refractivity contribution in [1.29, 1.82) is 0 Å². The average Bonchev–Trinajstić information content (AvgIpc) is 2.41. The molecule has 1 N–H and O–H groups in total. The topological polar surface area (TPSA) is 55.4 Å². The molecule has 0 spiro atoms. The first-order valence-corrected chi connectivity index (χ1v) is 8.13. The van der Waals surface area contributed by atoms with Gasteiger partial charge in [0.1, 0.15) is 5.75 Å². The molecular formula is C15H16ClNO3S. The molecule has 0 unspecified atom stereocenters. The summed E-state index contributed by atoms with van der Waals surface area (Å²) >= 11 is 5.99. The summed E-state index contributed by atoms with van der Waals surface area (Å²) < 4.78 is 32.2. The largest absolute Gasteiger partial charge is 0.495 e. The molecule has 0 aliphatic heterocycles. The number of hydrogen-bond acceptors (Lipinski definition) is 3. The van der Waals surface area contributed by atoms with E-state index in [9.17, 15) is 8.42 Å². The minimum atomic E-state index is -3.64. The maximum atomic E-state index is 12.3. The van der Waals surface area contributed by atoms with Gasteiger partial charge in [-0.2, -0.15) is 0 Å². The summed E-state index contributed by atoms with van der Waals surface area (Å²) in [6, 6.07) is 9.73. The van der Waals surface area contributed by atoms with Crippen molar-refractivity contribution in [3.63, 3.8) is 0 Å². The Morgan fingerprint density at radius 3 is 2.33 bits per heavy atom. The van der Waals surface area contributed by atoms with E-state index in [1.807, 2.05) is 13.8 Å². The zero-order valence-electron chi connectivity index (χ0n) is 12.0. The van der Waals surface area contributed by atoms with Crippen molar-refractivity contribution in [2.45, 2.75) is 18.7 Å². The van der Waals surface area contributed by atoms with Gasteiger partial charge in [-0.05, 0) is 55.3 Å². The van der Waals surface area contributed by atoms with Crippen LogP contribution in [0.4, 0.5) is 5.69 Å². The average molecular weight is 326 g/mol. The molecule has 0 aromatic heterocycles. The molecule has 21 heavy (non-hydrogen) atoms. The van der Waals surface area contributed by atoms with Gasteiger partial charge in [-0.3, -0.25) is 4.72 Å². The second kappa shape index (κ2) is 5.95. The van der Waals surface area contributed by atoms with Crippen molar-refractivity contribution in [2.24, 2.45) is 0 Å². The van der Waals surface area contributed by atoms with Crippen LogP contribution in [0.25, 0.3) is 0 Å². The molecular weight excluding hydrogens is 310 g/mol. The van der Waals surface area contributed by atoms with E-state index in [-0.39, 0.29) is 4.90 Å². The number of anilines is 1. The molecule has 2 aromatic rings. The van der Waals surface area contributed by atoms with Crippen LogP contribution in [0, 0.1) is 13.8 Å².